The number of hydrogen-bond acceptors (Lipinski definition) is 8. The molecule has 3 aromatic rings. The second kappa shape index (κ2) is 12.2. The Labute approximate surface area is 248 Å². The van der Waals surface area contributed by atoms with E-state index in [4.69, 9.17) is 4.74 Å². The van der Waals surface area contributed by atoms with Crippen LogP contribution in [-0.2, 0) is 27.7 Å². The van der Waals surface area contributed by atoms with Crippen LogP contribution < -0.4 is 15.5 Å². The van der Waals surface area contributed by atoms with Crippen LogP contribution in [0.4, 0.5) is 26.0 Å². The number of aliphatic hydroxyl groups is 1. The van der Waals surface area contributed by atoms with Crippen LogP contribution in [0.1, 0.15) is 47.3 Å². The van der Waals surface area contributed by atoms with Crippen LogP contribution in [0.5, 0.6) is 0 Å². The van der Waals surface area contributed by atoms with Gasteiger partial charge in [0.15, 0.2) is 5.82 Å². The van der Waals surface area contributed by atoms with Crippen LogP contribution in [-0.4, -0.2) is 78.9 Å². The molecule has 1 atom stereocenters. The van der Waals surface area contributed by atoms with E-state index in [-0.39, 0.29) is 44.0 Å². The van der Waals surface area contributed by atoms with Crippen molar-refractivity contribution in [1.29, 1.82) is 0 Å². The van der Waals surface area contributed by atoms with Gasteiger partial charge in [-0.05, 0) is 56.0 Å². The molecule has 3 aliphatic rings. The topological polar surface area (TPSA) is 140 Å². The lowest BCUT2D eigenvalue weighted by Crippen LogP contribution is -2.36. The zero-order chi connectivity index (χ0) is 30.1. The number of sulfonamides is 1. The molecule has 2 fully saturated rings. The fourth-order valence-corrected chi connectivity index (χ4v) is 7.49. The number of nitrogens with zero attached hydrogens (tertiary/aromatic N) is 3. The van der Waals surface area contributed by atoms with Crippen LogP contribution in [0.15, 0.2) is 41.3 Å². The molecule has 0 unspecified atom stereocenters. The Morgan fingerprint density at radius 2 is 1.86 bits per heavy atom. The Kier molecular flexibility index (Phi) is 8.36. The van der Waals surface area contributed by atoms with Crippen molar-refractivity contribution < 1.29 is 31.8 Å². The number of nitrogens with one attached hydrogen (secondary N) is 3. The average molecular weight is 617 g/mol. The van der Waals surface area contributed by atoms with Crippen LogP contribution in [0, 0.1) is 11.6 Å². The Bertz CT molecular complexity index is 1590. The maximum atomic E-state index is 13.8. The van der Waals surface area contributed by atoms with Crippen LogP contribution >= 0.6 is 0 Å². The Morgan fingerprint density at radius 3 is 2.60 bits per heavy atom. The largest absolute Gasteiger partial charge is 0.394 e. The SMILES string of the molecule is O=C(Nc1n[nH]c2c1CN(S(=O)(=O)c1cc(F)cc(F)c1)CC2)c1ccc(N2CCC[C@H]2CO)cc1NC1CCOCC1. The number of benzene rings is 2. The second-order valence-electron chi connectivity index (χ2n) is 11.1. The van der Waals surface area contributed by atoms with Crippen molar-refractivity contribution in [3.8, 4) is 0 Å². The van der Waals surface area contributed by atoms with Crippen LogP contribution in [0.25, 0.3) is 0 Å². The van der Waals surface area contributed by atoms with E-state index in [0.29, 0.717) is 41.8 Å². The maximum absolute atomic E-state index is 13.8. The molecule has 1 amide bonds. The van der Waals surface area contributed by atoms with Crippen LogP contribution in [0.2, 0.25) is 0 Å². The first-order valence-electron chi connectivity index (χ1n) is 14.4. The van der Waals surface area contributed by atoms with Gasteiger partial charge in [-0.3, -0.25) is 9.89 Å². The molecule has 1 aromatic heterocycles. The van der Waals surface area contributed by atoms with Gasteiger partial charge < -0.3 is 25.4 Å². The molecule has 11 nitrogen and oxygen atoms in total. The molecule has 0 aliphatic carbocycles. The molecule has 0 radical (unpaired) electrons. The lowest BCUT2D eigenvalue weighted by molar-refractivity contribution is 0.0904. The molecule has 0 bridgehead atoms. The highest BCUT2D eigenvalue weighted by Gasteiger charge is 2.33. The fraction of sp³-hybridized carbons (Fsp3) is 0.448. The number of H-pyrrole nitrogens is 1. The van der Waals surface area contributed by atoms with Gasteiger partial charge >= 0.3 is 0 Å². The monoisotopic (exact) mass is 616 g/mol. The predicted octanol–water partition coefficient (Wildman–Crippen LogP) is 3.24. The molecule has 0 spiro atoms. The lowest BCUT2D eigenvalue weighted by Gasteiger charge is -2.29. The van der Waals surface area contributed by atoms with Crippen molar-refractivity contribution in [2.45, 2.75) is 55.6 Å². The predicted molar refractivity (Wildman–Crippen MR) is 156 cm³/mol. The summed E-state index contributed by atoms with van der Waals surface area (Å²) in [6.07, 6.45) is 3.73. The number of hydrogen-bond donors (Lipinski definition) is 4. The van der Waals surface area contributed by atoms with Crippen molar-refractivity contribution in [3.05, 3.63) is 64.9 Å². The van der Waals surface area contributed by atoms with Crippen molar-refractivity contribution in [2.75, 3.05) is 48.4 Å². The molecule has 3 aliphatic heterocycles. The molecule has 14 heteroatoms. The van der Waals surface area contributed by atoms with Crippen molar-refractivity contribution in [1.82, 2.24) is 14.5 Å². The molecule has 230 valence electrons. The summed E-state index contributed by atoms with van der Waals surface area (Å²) in [6.45, 7) is 2.06. The van der Waals surface area contributed by atoms with Gasteiger partial charge in [-0.15, -0.1) is 0 Å². The molecule has 4 heterocycles. The fourth-order valence-electron chi connectivity index (χ4n) is 6.04. The van der Waals surface area contributed by atoms with E-state index < -0.39 is 32.5 Å². The number of carbonyl (C=O) groups is 1. The maximum Gasteiger partial charge on any atom is 0.258 e. The minimum Gasteiger partial charge on any atom is -0.394 e. The molecular weight excluding hydrogens is 582 g/mol. The zero-order valence-electron chi connectivity index (χ0n) is 23.5. The highest BCUT2D eigenvalue weighted by atomic mass is 32.2. The molecule has 0 saturated carbocycles. The lowest BCUT2D eigenvalue weighted by atomic mass is 10.1. The van der Waals surface area contributed by atoms with E-state index >= 15 is 0 Å². The highest BCUT2D eigenvalue weighted by molar-refractivity contribution is 7.89. The minimum atomic E-state index is -4.21. The van der Waals surface area contributed by atoms with Crippen molar-refractivity contribution >= 4 is 33.1 Å². The molecule has 4 N–H and O–H groups in total. The van der Waals surface area contributed by atoms with E-state index in [1.165, 1.54) is 0 Å². The molecule has 6 rings (SSSR count). The van der Waals surface area contributed by atoms with Gasteiger partial charge in [0.1, 0.15) is 11.6 Å². The number of ether oxygens (including phenoxy) is 1. The summed E-state index contributed by atoms with van der Waals surface area (Å²) in [5.74, 6) is -2.21. The summed E-state index contributed by atoms with van der Waals surface area (Å²) in [7, 11) is -4.21. The Balaban J connectivity index is 1.25. The molecule has 43 heavy (non-hydrogen) atoms. The van der Waals surface area contributed by atoms with Gasteiger partial charge in [0, 0.05) is 74.0 Å². The van der Waals surface area contributed by atoms with Gasteiger partial charge in [-0.25, -0.2) is 17.2 Å². The number of fused-ring (bicyclic) bond motifs is 1. The Morgan fingerprint density at radius 1 is 1.09 bits per heavy atom. The van der Waals surface area contributed by atoms with Crippen LogP contribution in [0.3, 0.4) is 0 Å². The number of rotatable bonds is 8. The normalized spacial score (nSPS) is 19.8. The van der Waals surface area contributed by atoms with Gasteiger partial charge in [0.25, 0.3) is 5.91 Å². The van der Waals surface area contributed by atoms with Crippen molar-refractivity contribution in [2.24, 2.45) is 0 Å². The average Bonchev–Trinajstić information content (AvgIpc) is 3.64. The molecule has 2 saturated heterocycles. The number of aromatic amines is 1. The highest BCUT2D eigenvalue weighted by Crippen LogP contribution is 2.33. The number of aromatic nitrogens is 2. The third kappa shape index (κ3) is 6.09. The smallest absolute Gasteiger partial charge is 0.258 e. The van der Waals surface area contributed by atoms with E-state index in [0.717, 1.165) is 54.4 Å². The summed E-state index contributed by atoms with van der Waals surface area (Å²) in [6, 6.07) is 7.87. The first-order chi connectivity index (χ1) is 20.7. The first kappa shape index (κ1) is 29.5. The van der Waals surface area contributed by atoms with Gasteiger partial charge in [-0.2, -0.15) is 9.40 Å². The van der Waals surface area contributed by atoms with Gasteiger partial charge in [-0.1, -0.05) is 0 Å². The van der Waals surface area contributed by atoms with Gasteiger partial charge in [0.2, 0.25) is 10.0 Å². The number of anilines is 3. The summed E-state index contributed by atoms with van der Waals surface area (Å²) in [5.41, 5.74) is 3.11. The summed E-state index contributed by atoms with van der Waals surface area (Å²) >= 11 is 0. The third-order valence-electron chi connectivity index (χ3n) is 8.35. The first-order valence-corrected chi connectivity index (χ1v) is 15.9. The van der Waals surface area contributed by atoms with E-state index in [1.807, 2.05) is 12.1 Å². The second-order valence-corrected chi connectivity index (χ2v) is 13.0. The zero-order valence-corrected chi connectivity index (χ0v) is 24.3. The number of halogens is 2. The van der Waals surface area contributed by atoms with E-state index in [2.05, 4.69) is 25.7 Å². The van der Waals surface area contributed by atoms with Gasteiger partial charge in [0.05, 0.1) is 23.1 Å². The number of aliphatic hydroxyl groups excluding tert-OH is 1. The Hall–Kier alpha value is -3.59. The van der Waals surface area contributed by atoms with E-state index in [1.54, 1.807) is 6.07 Å². The van der Waals surface area contributed by atoms with E-state index in [9.17, 15) is 27.1 Å². The minimum absolute atomic E-state index is 0.0225. The third-order valence-corrected chi connectivity index (χ3v) is 10.2. The summed E-state index contributed by atoms with van der Waals surface area (Å²) in [5, 5.41) is 23.3. The number of amides is 1. The standard InChI is InChI=1S/C29H34F2N6O5S/c30-18-12-19(31)14-23(13-18)43(40,41)36-9-5-26-25(16-36)28(35-34-26)33-29(39)24-4-3-21(37-8-1-2-22(37)17-38)15-27(24)32-20-6-10-42-11-7-20/h3-4,12-15,20,22,32,38H,1-2,5-11,16-17H2,(H2,33,34,35,39)/t22-/m0/s1. The molecule has 2 aromatic carbocycles. The summed E-state index contributed by atoms with van der Waals surface area (Å²) < 4.78 is 60.7. The quantitative estimate of drug-likeness (QED) is 0.303. The van der Waals surface area contributed by atoms with Crippen molar-refractivity contribution in [3.63, 3.8) is 0 Å². The summed E-state index contributed by atoms with van der Waals surface area (Å²) in [4.78, 5) is 15.4. The molecular formula is C29H34F2N6O5S. The number of carbonyl (C=O) groups excluding carboxylic acids is 1.